The van der Waals surface area contributed by atoms with Gasteiger partial charge in [0.1, 0.15) is 11.2 Å². The van der Waals surface area contributed by atoms with Gasteiger partial charge in [0.2, 0.25) is 0 Å². The number of hydrogen-bond acceptors (Lipinski definition) is 2. The summed E-state index contributed by atoms with van der Waals surface area (Å²) in [6, 6.07) is 84.6. The molecular formula is C65H47NO. The van der Waals surface area contributed by atoms with Gasteiger partial charge in [-0.3, -0.25) is 0 Å². The number of fused-ring (bicyclic) bond motifs is 9. The van der Waals surface area contributed by atoms with Gasteiger partial charge in [0.05, 0.1) is 5.69 Å². The fourth-order valence-electron chi connectivity index (χ4n) is 11.8. The number of benzene rings is 10. The van der Waals surface area contributed by atoms with Crippen molar-refractivity contribution in [2.45, 2.75) is 31.6 Å². The maximum atomic E-state index is 6.43. The Hall–Kier alpha value is -8.20. The Morgan fingerprint density at radius 2 is 0.896 bits per heavy atom. The SMILES string of the molecule is CC1(C)c2ccccc2-c2cccc(-c3ccc(N(c4ccc(-c5ccc6c(c5)C(C)(c5ccccc5)c5ccccc5-6)cc4)c4ccccc4-c4cccc5oc6ccccc6c45)cc3)c21. The number of rotatable bonds is 7. The molecule has 0 saturated heterocycles. The second-order valence-electron chi connectivity index (χ2n) is 18.9. The van der Waals surface area contributed by atoms with E-state index in [-0.39, 0.29) is 10.8 Å². The van der Waals surface area contributed by atoms with E-state index in [4.69, 9.17) is 4.42 Å². The van der Waals surface area contributed by atoms with Crippen LogP contribution < -0.4 is 4.90 Å². The van der Waals surface area contributed by atoms with Gasteiger partial charge in [0.25, 0.3) is 0 Å². The summed E-state index contributed by atoms with van der Waals surface area (Å²) >= 11 is 0. The maximum Gasteiger partial charge on any atom is 0.136 e. The highest BCUT2D eigenvalue weighted by atomic mass is 16.3. The second-order valence-corrected chi connectivity index (χ2v) is 18.9. The van der Waals surface area contributed by atoms with Crippen LogP contribution in [0, 0.1) is 0 Å². The van der Waals surface area contributed by atoms with Crippen LogP contribution in [0.25, 0.3) is 77.6 Å². The summed E-state index contributed by atoms with van der Waals surface area (Å²) in [4.78, 5) is 2.42. The fourth-order valence-corrected chi connectivity index (χ4v) is 11.8. The molecule has 67 heavy (non-hydrogen) atoms. The molecule has 0 fully saturated rings. The lowest BCUT2D eigenvalue weighted by molar-refractivity contribution is 0.662. The molecule has 0 bridgehead atoms. The van der Waals surface area contributed by atoms with Crippen molar-refractivity contribution in [3.8, 4) is 55.6 Å². The fraction of sp³-hybridized carbons (Fsp3) is 0.0769. The molecule has 13 rings (SSSR count). The number of para-hydroxylation sites is 2. The number of hydrogen-bond donors (Lipinski definition) is 0. The summed E-state index contributed by atoms with van der Waals surface area (Å²) in [6.45, 7) is 7.12. The van der Waals surface area contributed by atoms with Crippen LogP contribution in [0.15, 0.2) is 235 Å². The largest absolute Gasteiger partial charge is 0.456 e. The molecule has 2 nitrogen and oxygen atoms in total. The normalized spacial score (nSPS) is 15.3. The van der Waals surface area contributed by atoms with Crippen molar-refractivity contribution in [1.82, 2.24) is 0 Å². The van der Waals surface area contributed by atoms with Crippen LogP contribution >= 0.6 is 0 Å². The third-order valence-corrected chi connectivity index (χ3v) is 15.0. The Morgan fingerprint density at radius 1 is 0.358 bits per heavy atom. The Bertz CT molecular complexity index is 3730. The third kappa shape index (κ3) is 5.89. The van der Waals surface area contributed by atoms with Gasteiger partial charge in [-0.05, 0) is 133 Å². The molecule has 0 amide bonds. The summed E-state index contributed by atoms with van der Waals surface area (Å²) in [6.07, 6.45) is 0. The lowest BCUT2D eigenvalue weighted by Crippen LogP contribution is -2.22. The van der Waals surface area contributed by atoms with Crippen molar-refractivity contribution in [3.05, 3.63) is 258 Å². The number of furan rings is 1. The molecule has 318 valence electrons. The Kier molecular flexibility index (Phi) is 8.73. The topological polar surface area (TPSA) is 16.4 Å². The molecule has 1 heterocycles. The Labute approximate surface area is 392 Å². The van der Waals surface area contributed by atoms with Crippen LogP contribution in [0.3, 0.4) is 0 Å². The predicted molar refractivity (Wildman–Crippen MR) is 280 cm³/mol. The van der Waals surface area contributed by atoms with Crippen LogP contribution in [0.1, 0.15) is 48.6 Å². The third-order valence-electron chi connectivity index (χ3n) is 15.0. The van der Waals surface area contributed by atoms with Crippen molar-refractivity contribution < 1.29 is 4.42 Å². The van der Waals surface area contributed by atoms with Crippen molar-refractivity contribution in [2.75, 3.05) is 4.90 Å². The van der Waals surface area contributed by atoms with Crippen molar-refractivity contribution in [1.29, 1.82) is 0 Å². The summed E-state index contributed by atoms with van der Waals surface area (Å²) in [5.41, 5.74) is 23.8. The first-order chi connectivity index (χ1) is 32.9. The van der Waals surface area contributed by atoms with Gasteiger partial charge in [-0.15, -0.1) is 0 Å². The van der Waals surface area contributed by atoms with Crippen molar-refractivity contribution in [3.63, 3.8) is 0 Å². The minimum absolute atomic E-state index is 0.116. The molecule has 0 spiro atoms. The first-order valence-corrected chi connectivity index (χ1v) is 23.4. The molecule has 2 aliphatic rings. The lowest BCUT2D eigenvalue weighted by Gasteiger charge is -2.29. The molecule has 0 radical (unpaired) electrons. The van der Waals surface area contributed by atoms with E-state index in [9.17, 15) is 0 Å². The molecule has 10 aromatic carbocycles. The van der Waals surface area contributed by atoms with E-state index >= 15 is 0 Å². The van der Waals surface area contributed by atoms with Gasteiger partial charge in [0, 0.05) is 38.5 Å². The lowest BCUT2D eigenvalue weighted by atomic mass is 9.74. The van der Waals surface area contributed by atoms with Gasteiger partial charge in [0.15, 0.2) is 0 Å². The summed E-state index contributed by atoms with van der Waals surface area (Å²) in [7, 11) is 0. The Balaban J connectivity index is 0.947. The van der Waals surface area contributed by atoms with E-state index < -0.39 is 0 Å². The molecule has 0 aliphatic heterocycles. The van der Waals surface area contributed by atoms with Crippen LogP contribution in [-0.4, -0.2) is 0 Å². The predicted octanol–water partition coefficient (Wildman–Crippen LogP) is 17.7. The molecule has 0 N–H and O–H groups in total. The molecule has 1 unspecified atom stereocenters. The van der Waals surface area contributed by atoms with Gasteiger partial charge >= 0.3 is 0 Å². The van der Waals surface area contributed by atoms with Crippen molar-refractivity contribution >= 4 is 39.0 Å². The van der Waals surface area contributed by atoms with E-state index in [1.807, 2.05) is 6.07 Å². The standard InChI is InChI=1S/C65H47NO/c1-64(2)56-26-11-7-20-50(56)54-25-15-23-48(63(54)64)43-33-38-47(39-34-43)66(59-28-13-9-21-52(59)53-24-16-30-61-62(53)55-22-10-14-29-60(55)67-61)46-36-31-42(32-37-46)44-35-40-51-49-19-8-12-27-57(49)65(3,58(51)41-44)45-17-5-4-6-18-45/h4-41H,1-3H3. The summed E-state index contributed by atoms with van der Waals surface area (Å²) in [5, 5.41) is 2.24. The highest BCUT2D eigenvalue weighted by molar-refractivity contribution is 6.14. The minimum atomic E-state index is -0.265. The van der Waals surface area contributed by atoms with Crippen LogP contribution in [0.2, 0.25) is 0 Å². The summed E-state index contributed by atoms with van der Waals surface area (Å²) in [5.74, 6) is 0. The smallest absolute Gasteiger partial charge is 0.136 e. The van der Waals surface area contributed by atoms with E-state index in [1.54, 1.807) is 0 Å². The number of anilines is 3. The Morgan fingerprint density at radius 3 is 1.67 bits per heavy atom. The van der Waals surface area contributed by atoms with Gasteiger partial charge in [-0.25, -0.2) is 0 Å². The average Bonchev–Trinajstić information content (AvgIpc) is 3.98. The molecular weight excluding hydrogens is 811 g/mol. The maximum absolute atomic E-state index is 6.43. The monoisotopic (exact) mass is 857 g/mol. The zero-order chi connectivity index (χ0) is 44.9. The van der Waals surface area contributed by atoms with Gasteiger partial charge in [-0.2, -0.15) is 0 Å². The molecule has 2 aliphatic carbocycles. The quantitative estimate of drug-likeness (QED) is 0.159. The van der Waals surface area contributed by atoms with Crippen LogP contribution in [0.4, 0.5) is 17.1 Å². The van der Waals surface area contributed by atoms with E-state index in [0.29, 0.717) is 0 Å². The molecule has 0 saturated carbocycles. The minimum Gasteiger partial charge on any atom is -0.456 e. The first-order valence-electron chi connectivity index (χ1n) is 23.4. The zero-order valence-corrected chi connectivity index (χ0v) is 37.8. The highest BCUT2D eigenvalue weighted by Crippen LogP contribution is 2.55. The second kappa shape index (κ2) is 14.9. The molecule has 1 aromatic heterocycles. The molecule has 1 atom stereocenters. The van der Waals surface area contributed by atoms with E-state index in [0.717, 1.165) is 50.1 Å². The van der Waals surface area contributed by atoms with Crippen molar-refractivity contribution in [2.24, 2.45) is 0 Å². The highest BCUT2D eigenvalue weighted by Gasteiger charge is 2.41. The van der Waals surface area contributed by atoms with Gasteiger partial charge in [-0.1, -0.05) is 196 Å². The molecule has 2 heteroatoms. The number of nitrogens with zero attached hydrogens (tertiary/aromatic N) is 1. The zero-order valence-electron chi connectivity index (χ0n) is 37.8. The van der Waals surface area contributed by atoms with E-state index in [1.165, 1.54) is 72.3 Å². The van der Waals surface area contributed by atoms with E-state index in [2.05, 4.69) is 250 Å². The van der Waals surface area contributed by atoms with Crippen LogP contribution in [-0.2, 0) is 10.8 Å². The van der Waals surface area contributed by atoms with Crippen LogP contribution in [0.5, 0.6) is 0 Å². The first kappa shape index (κ1) is 39.2. The average molecular weight is 858 g/mol. The summed E-state index contributed by atoms with van der Waals surface area (Å²) < 4.78 is 6.43. The van der Waals surface area contributed by atoms with Gasteiger partial charge < -0.3 is 9.32 Å². The molecule has 11 aromatic rings.